The van der Waals surface area contributed by atoms with Crippen LogP contribution in [0.5, 0.6) is 0 Å². The van der Waals surface area contributed by atoms with Gasteiger partial charge in [-0.05, 0) is 34.7 Å². The standard InChI is InChI=1S/C19H24FN/c1-13(2)14-5-7-15(8-6-14)18(21)19(3,4)16-9-11-17(20)12-10-16/h5-13,18H,21H2,1-4H3. The first-order chi connectivity index (χ1) is 9.82. The van der Waals surface area contributed by atoms with Crippen molar-refractivity contribution >= 4 is 0 Å². The molecule has 0 saturated heterocycles. The van der Waals surface area contributed by atoms with Crippen LogP contribution in [0.4, 0.5) is 4.39 Å². The summed E-state index contributed by atoms with van der Waals surface area (Å²) in [6.45, 7) is 8.55. The fraction of sp³-hybridized carbons (Fsp3) is 0.368. The Morgan fingerprint density at radius 1 is 0.857 bits per heavy atom. The number of hydrogen-bond acceptors (Lipinski definition) is 1. The Kier molecular flexibility index (Phi) is 4.48. The molecule has 0 aromatic heterocycles. The highest BCUT2D eigenvalue weighted by atomic mass is 19.1. The monoisotopic (exact) mass is 285 g/mol. The maximum atomic E-state index is 13.1. The van der Waals surface area contributed by atoms with Crippen LogP contribution in [0.25, 0.3) is 0 Å². The van der Waals surface area contributed by atoms with E-state index in [0.29, 0.717) is 5.92 Å². The van der Waals surface area contributed by atoms with E-state index in [1.165, 1.54) is 17.7 Å². The average Bonchev–Trinajstić information content (AvgIpc) is 2.47. The van der Waals surface area contributed by atoms with E-state index in [2.05, 4.69) is 52.0 Å². The molecular formula is C19H24FN. The second-order valence-electron chi connectivity index (χ2n) is 6.53. The van der Waals surface area contributed by atoms with Gasteiger partial charge in [-0.15, -0.1) is 0 Å². The van der Waals surface area contributed by atoms with Gasteiger partial charge in [0.25, 0.3) is 0 Å². The molecule has 0 fully saturated rings. The molecule has 1 atom stereocenters. The van der Waals surface area contributed by atoms with Crippen molar-refractivity contribution in [3.63, 3.8) is 0 Å². The third kappa shape index (κ3) is 3.33. The summed E-state index contributed by atoms with van der Waals surface area (Å²) in [7, 11) is 0. The smallest absolute Gasteiger partial charge is 0.123 e. The average molecular weight is 285 g/mol. The van der Waals surface area contributed by atoms with Gasteiger partial charge in [-0.3, -0.25) is 0 Å². The summed E-state index contributed by atoms with van der Waals surface area (Å²) in [5.74, 6) is 0.296. The van der Waals surface area contributed by atoms with Crippen molar-refractivity contribution in [2.24, 2.45) is 5.73 Å². The Balaban J connectivity index is 2.28. The third-order valence-corrected chi connectivity index (χ3v) is 4.33. The maximum absolute atomic E-state index is 13.1. The molecule has 0 heterocycles. The zero-order valence-corrected chi connectivity index (χ0v) is 13.2. The first-order valence-electron chi connectivity index (χ1n) is 7.44. The highest BCUT2D eigenvalue weighted by molar-refractivity contribution is 5.33. The number of benzene rings is 2. The number of rotatable bonds is 4. The maximum Gasteiger partial charge on any atom is 0.123 e. The van der Waals surface area contributed by atoms with Crippen LogP contribution >= 0.6 is 0 Å². The zero-order valence-electron chi connectivity index (χ0n) is 13.2. The normalized spacial score (nSPS) is 13.5. The molecule has 1 nitrogen and oxygen atoms in total. The molecule has 112 valence electrons. The SMILES string of the molecule is CC(C)c1ccc(C(N)C(C)(C)c2ccc(F)cc2)cc1. The van der Waals surface area contributed by atoms with Crippen molar-refractivity contribution in [3.05, 3.63) is 71.0 Å². The molecule has 0 aliphatic carbocycles. The second-order valence-corrected chi connectivity index (χ2v) is 6.53. The summed E-state index contributed by atoms with van der Waals surface area (Å²) in [6.07, 6.45) is 0. The summed E-state index contributed by atoms with van der Waals surface area (Å²) < 4.78 is 13.1. The lowest BCUT2D eigenvalue weighted by Gasteiger charge is -2.32. The van der Waals surface area contributed by atoms with E-state index in [1.54, 1.807) is 0 Å². The lowest BCUT2D eigenvalue weighted by Crippen LogP contribution is -2.33. The Morgan fingerprint density at radius 3 is 1.81 bits per heavy atom. The van der Waals surface area contributed by atoms with Crippen LogP contribution in [0.1, 0.15) is 56.3 Å². The van der Waals surface area contributed by atoms with E-state index in [-0.39, 0.29) is 17.3 Å². The molecule has 2 N–H and O–H groups in total. The first kappa shape index (κ1) is 15.7. The van der Waals surface area contributed by atoms with Crippen LogP contribution in [0.15, 0.2) is 48.5 Å². The molecule has 0 bridgehead atoms. The Morgan fingerprint density at radius 2 is 1.33 bits per heavy atom. The quantitative estimate of drug-likeness (QED) is 0.847. The summed E-state index contributed by atoms with van der Waals surface area (Å²) in [5.41, 5.74) is 9.68. The molecule has 0 aliphatic rings. The summed E-state index contributed by atoms with van der Waals surface area (Å²) in [6, 6.07) is 15.0. The molecule has 0 aliphatic heterocycles. The van der Waals surface area contributed by atoms with Crippen LogP contribution in [0.2, 0.25) is 0 Å². The van der Waals surface area contributed by atoms with Gasteiger partial charge in [0.2, 0.25) is 0 Å². The number of halogens is 1. The van der Waals surface area contributed by atoms with Gasteiger partial charge >= 0.3 is 0 Å². The molecule has 2 rings (SSSR count). The molecule has 2 aromatic carbocycles. The van der Waals surface area contributed by atoms with E-state index in [9.17, 15) is 4.39 Å². The van der Waals surface area contributed by atoms with E-state index in [0.717, 1.165) is 11.1 Å². The third-order valence-electron chi connectivity index (χ3n) is 4.33. The number of nitrogens with two attached hydrogens (primary N) is 1. The van der Waals surface area contributed by atoms with Crippen molar-refractivity contribution < 1.29 is 4.39 Å². The molecule has 0 saturated carbocycles. The van der Waals surface area contributed by atoms with Crippen LogP contribution in [0.3, 0.4) is 0 Å². The Labute approximate surface area is 127 Å². The minimum Gasteiger partial charge on any atom is -0.323 e. The van der Waals surface area contributed by atoms with Crippen molar-refractivity contribution in [1.29, 1.82) is 0 Å². The predicted octanol–water partition coefficient (Wildman–Crippen LogP) is 4.93. The van der Waals surface area contributed by atoms with E-state index >= 15 is 0 Å². The molecular weight excluding hydrogens is 261 g/mol. The predicted molar refractivity (Wildman–Crippen MR) is 86.9 cm³/mol. The Hall–Kier alpha value is -1.67. The highest BCUT2D eigenvalue weighted by Crippen LogP contribution is 2.35. The fourth-order valence-corrected chi connectivity index (χ4v) is 2.56. The van der Waals surface area contributed by atoms with Crippen LogP contribution in [0, 0.1) is 5.82 Å². The fourth-order valence-electron chi connectivity index (χ4n) is 2.56. The second kappa shape index (κ2) is 5.98. The lowest BCUT2D eigenvalue weighted by molar-refractivity contribution is 0.420. The first-order valence-corrected chi connectivity index (χ1v) is 7.44. The highest BCUT2D eigenvalue weighted by Gasteiger charge is 2.29. The summed E-state index contributed by atoms with van der Waals surface area (Å²) in [4.78, 5) is 0. The molecule has 2 aromatic rings. The van der Waals surface area contributed by atoms with E-state index in [4.69, 9.17) is 5.73 Å². The summed E-state index contributed by atoms with van der Waals surface area (Å²) in [5, 5.41) is 0. The minimum atomic E-state index is -0.257. The van der Waals surface area contributed by atoms with Gasteiger partial charge in [-0.2, -0.15) is 0 Å². The largest absolute Gasteiger partial charge is 0.323 e. The van der Waals surface area contributed by atoms with Gasteiger partial charge in [0.1, 0.15) is 5.82 Å². The zero-order chi connectivity index (χ0) is 15.6. The topological polar surface area (TPSA) is 26.0 Å². The Bertz CT molecular complexity index is 582. The van der Waals surface area contributed by atoms with Crippen LogP contribution in [-0.4, -0.2) is 0 Å². The molecule has 0 amide bonds. The van der Waals surface area contributed by atoms with Gasteiger partial charge in [0.15, 0.2) is 0 Å². The van der Waals surface area contributed by atoms with Crippen LogP contribution < -0.4 is 5.73 Å². The van der Waals surface area contributed by atoms with Crippen LogP contribution in [-0.2, 0) is 5.41 Å². The van der Waals surface area contributed by atoms with Crippen molar-refractivity contribution in [3.8, 4) is 0 Å². The van der Waals surface area contributed by atoms with E-state index in [1.807, 2.05) is 12.1 Å². The molecule has 0 spiro atoms. The molecule has 2 heteroatoms. The van der Waals surface area contributed by atoms with E-state index < -0.39 is 0 Å². The molecule has 0 radical (unpaired) electrons. The minimum absolute atomic E-state index is 0.135. The molecule has 1 unspecified atom stereocenters. The summed E-state index contributed by atoms with van der Waals surface area (Å²) >= 11 is 0. The number of hydrogen-bond donors (Lipinski definition) is 1. The van der Waals surface area contributed by atoms with Gasteiger partial charge in [0, 0.05) is 11.5 Å². The molecule has 21 heavy (non-hydrogen) atoms. The van der Waals surface area contributed by atoms with Crippen molar-refractivity contribution in [2.75, 3.05) is 0 Å². The van der Waals surface area contributed by atoms with Gasteiger partial charge in [0.05, 0.1) is 0 Å². The van der Waals surface area contributed by atoms with Gasteiger partial charge in [-0.1, -0.05) is 64.1 Å². The van der Waals surface area contributed by atoms with Crippen molar-refractivity contribution in [2.45, 2.75) is 45.1 Å². The van der Waals surface area contributed by atoms with Gasteiger partial charge < -0.3 is 5.73 Å². The lowest BCUT2D eigenvalue weighted by atomic mass is 9.75. The van der Waals surface area contributed by atoms with Crippen molar-refractivity contribution in [1.82, 2.24) is 0 Å². The van der Waals surface area contributed by atoms with Gasteiger partial charge in [-0.25, -0.2) is 4.39 Å².